The number of thiazole rings is 1. The Balaban J connectivity index is 2.05. The number of rotatable bonds is 4. The predicted octanol–water partition coefficient (Wildman–Crippen LogP) is 2.89. The lowest BCUT2D eigenvalue weighted by Gasteiger charge is -2.15. The maximum absolute atomic E-state index is 4.49. The van der Waals surface area contributed by atoms with E-state index in [0.29, 0.717) is 0 Å². The van der Waals surface area contributed by atoms with Crippen molar-refractivity contribution >= 4 is 27.3 Å². The van der Waals surface area contributed by atoms with Crippen LogP contribution in [0.15, 0.2) is 9.85 Å². The highest BCUT2D eigenvalue weighted by molar-refractivity contribution is 9.10. The third-order valence-electron chi connectivity index (χ3n) is 2.78. The molecule has 0 unspecified atom stereocenters. The largest absolute Gasteiger partial charge is 0.295 e. The molecule has 0 atom stereocenters. The maximum Gasteiger partial charge on any atom is 0.0897 e. The number of hydrogen-bond donors (Lipinski definition) is 0. The fraction of sp³-hybridized carbons (Fsp3) is 0.500. The molecule has 0 N–H and O–H groups in total. The Labute approximate surface area is 120 Å². The van der Waals surface area contributed by atoms with Gasteiger partial charge in [-0.05, 0) is 36.8 Å². The van der Waals surface area contributed by atoms with Gasteiger partial charge in [0.2, 0.25) is 0 Å². The highest BCUT2D eigenvalue weighted by atomic mass is 79.9. The average Bonchev–Trinajstić information content (AvgIpc) is 2.78. The van der Waals surface area contributed by atoms with Crippen LogP contribution in [0.4, 0.5) is 0 Å². The molecule has 0 aromatic carbocycles. The molecule has 2 aromatic rings. The zero-order chi connectivity index (χ0) is 13.3. The molecule has 0 spiro atoms. The Kier molecular flexibility index (Phi) is 4.19. The molecule has 0 fully saturated rings. The molecule has 2 aromatic heterocycles. The van der Waals surface area contributed by atoms with Gasteiger partial charge in [0.1, 0.15) is 0 Å². The molecular formula is C12H17BrN4S. The summed E-state index contributed by atoms with van der Waals surface area (Å²) in [6.07, 6.45) is 0. The van der Waals surface area contributed by atoms with Crippen LogP contribution in [0.1, 0.15) is 22.1 Å². The van der Waals surface area contributed by atoms with E-state index >= 15 is 0 Å². The molecule has 98 valence electrons. The van der Waals surface area contributed by atoms with Crippen molar-refractivity contribution in [2.45, 2.75) is 26.9 Å². The summed E-state index contributed by atoms with van der Waals surface area (Å²) in [5.74, 6) is 0. The topological polar surface area (TPSA) is 34.0 Å². The van der Waals surface area contributed by atoms with Gasteiger partial charge in [-0.1, -0.05) is 0 Å². The van der Waals surface area contributed by atoms with Crippen molar-refractivity contribution in [2.24, 2.45) is 7.05 Å². The van der Waals surface area contributed by atoms with Gasteiger partial charge in [-0.25, -0.2) is 4.98 Å². The summed E-state index contributed by atoms with van der Waals surface area (Å²) in [5, 5.41) is 7.65. The molecule has 0 amide bonds. The van der Waals surface area contributed by atoms with Crippen LogP contribution in [0.25, 0.3) is 0 Å². The van der Waals surface area contributed by atoms with E-state index in [1.54, 1.807) is 11.3 Å². The summed E-state index contributed by atoms with van der Waals surface area (Å²) in [5.41, 5.74) is 3.36. The molecular weight excluding hydrogens is 312 g/mol. The summed E-state index contributed by atoms with van der Waals surface area (Å²) in [4.78, 5) is 6.73. The summed E-state index contributed by atoms with van der Waals surface area (Å²) < 4.78 is 3.04. The van der Waals surface area contributed by atoms with Crippen LogP contribution in [0.2, 0.25) is 0 Å². The SMILES string of the molecule is Cc1nc(CN(C)Cc2c(Br)c(C)nn2C)cs1. The molecule has 0 aliphatic heterocycles. The van der Waals surface area contributed by atoms with Crippen molar-refractivity contribution in [3.05, 3.63) is 31.9 Å². The highest BCUT2D eigenvalue weighted by Gasteiger charge is 2.13. The Morgan fingerprint density at radius 1 is 1.39 bits per heavy atom. The minimum Gasteiger partial charge on any atom is -0.295 e. The first kappa shape index (κ1) is 13.7. The van der Waals surface area contributed by atoms with Gasteiger partial charge in [0, 0.05) is 25.5 Å². The van der Waals surface area contributed by atoms with Crippen LogP contribution < -0.4 is 0 Å². The third kappa shape index (κ3) is 2.99. The van der Waals surface area contributed by atoms with Crippen molar-refractivity contribution < 1.29 is 0 Å². The van der Waals surface area contributed by atoms with E-state index in [1.807, 2.05) is 25.6 Å². The van der Waals surface area contributed by atoms with Crippen molar-refractivity contribution in [2.75, 3.05) is 7.05 Å². The predicted molar refractivity (Wildman–Crippen MR) is 77.7 cm³/mol. The van der Waals surface area contributed by atoms with Gasteiger partial charge >= 0.3 is 0 Å². The Bertz CT molecular complexity index is 546. The first-order valence-corrected chi connectivity index (χ1v) is 7.42. The van der Waals surface area contributed by atoms with Gasteiger partial charge in [0.25, 0.3) is 0 Å². The van der Waals surface area contributed by atoms with Crippen molar-refractivity contribution in [1.82, 2.24) is 19.7 Å². The van der Waals surface area contributed by atoms with Crippen LogP contribution in [0.3, 0.4) is 0 Å². The molecule has 18 heavy (non-hydrogen) atoms. The van der Waals surface area contributed by atoms with Crippen molar-refractivity contribution in [3.63, 3.8) is 0 Å². The normalized spacial score (nSPS) is 11.4. The number of halogens is 1. The molecule has 0 aliphatic carbocycles. The number of hydrogen-bond acceptors (Lipinski definition) is 4. The molecule has 6 heteroatoms. The van der Waals surface area contributed by atoms with Crippen LogP contribution in [-0.2, 0) is 20.1 Å². The first-order chi connectivity index (χ1) is 8.47. The molecule has 2 heterocycles. The van der Waals surface area contributed by atoms with Crippen LogP contribution in [0, 0.1) is 13.8 Å². The average molecular weight is 329 g/mol. The lowest BCUT2D eigenvalue weighted by Crippen LogP contribution is -2.19. The third-order valence-corrected chi connectivity index (χ3v) is 4.63. The number of nitrogens with zero attached hydrogens (tertiary/aromatic N) is 4. The van der Waals surface area contributed by atoms with Crippen LogP contribution >= 0.6 is 27.3 Å². The summed E-state index contributed by atoms with van der Waals surface area (Å²) in [6.45, 7) is 5.77. The summed E-state index contributed by atoms with van der Waals surface area (Å²) >= 11 is 5.29. The second kappa shape index (κ2) is 5.50. The molecule has 4 nitrogen and oxygen atoms in total. The second-order valence-corrected chi connectivity index (χ2v) is 6.36. The van der Waals surface area contributed by atoms with Gasteiger partial charge in [0.05, 0.1) is 26.6 Å². The summed E-state index contributed by atoms with van der Waals surface area (Å²) in [6, 6.07) is 0. The minimum atomic E-state index is 0.856. The quantitative estimate of drug-likeness (QED) is 0.865. The Morgan fingerprint density at radius 3 is 2.61 bits per heavy atom. The molecule has 0 aliphatic rings. The van der Waals surface area contributed by atoms with E-state index in [1.165, 1.54) is 5.69 Å². The molecule has 2 rings (SSSR count). The van der Waals surface area contributed by atoms with Gasteiger partial charge in [0.15, 0.2) is 0 Å². The fourth-order valence-corrected chi connectivity index (χ4v) is 2.99. The van der Waals surface area contributed by atoms with Gasteiger partial charge in [-0.2, -0.15) is 5.10 Å². The van der Waals surface area contributed by atoms with Crippen LogP contribution in [0.5, 0.6) is 0 Å². The van der Waals surface area contributed by atoms with Gasteiger partial charge in [-0.15, -0.1) is 11.3 Å². The standard InChI is InChI=1S/C12H17BrN4S/c1-8-12(13)11(17(4)15-8)6-16(3)5-10-7-18-9(2)14-10/h7H,5-6H2,1-4H3. The van der Waals surface area contributed by atoms with Gasteiger partial charge in [-0.3, -0.25) is 9.58 Å². The van der Waals surface area contributed by atoms with E-state index in [2.05, 4.69) is 43.3 Å². The smallest absolute Gasteiger partial charge is 0.0897 e. The van der Waals surface area contributed by atoms with Crippen molar-refractivity contribution in [3.8, 4) is 0 Å². The molecule has 0 radical (unpaired) electrons. The monoisotopic (exact) mass is 328 g/mol. The zero-order valence-corrected chi connectivity index (χ0v) is 13.5. The Morgan fingerprint density at radius 2 is 2.11 bits per heavy atom. The lowest BCUT2D eigenvalue weighted by molar-refractivity contribution is 0.305. The summed E-state index contributed by atoms with van der Waals surface area (Å²) in [7, 11) is 4.08. The van der Waals surface area contributed by atoms with Crippen LogP contribution in [-0.4, -0.2) is 26.7 Å². The second-order valence-electron chi connectivity index (χ2n) is 4.50. The maximum atomic E-state index is 4.49. The van der Waals surface area contributed by atoms with E-state index in [9.17, 15) is 0 Å². The lowest BCUT2D eigenvalue weighted by atomic mass is 10.3. The number of aryl methyl sites for hydroxylation is 3. The van der Waals surface area contributed by atoms with Crippen molar-refractivity contribution in [1.29, 1.82) is 0 Å². The molecule has 0 saturated heterocycles. The van der Waals surface area contributed by atoms with E-state index in [-0.39, 0.29) is 0 Å². The van der Waals surface area contributed by atoms with E-state index < -0.39 is 0 Å². The zero-order valence-electron chi connectivity index (χ0n) is 11.1. The molecule has 0 bridgehead atoms. The Hall–Kier alpha value is -0.720. The molecule has 0 saturated carbocycles. The van der Waals surface area contributed by atoms with E-state index in [4.69, 9.17) is 0 Å². The minimum absolute atomic E-state index is 0.856. The van der Waals surface area contributed by atoms with Gasteiger partial charge < -0.3 is 0 Å². The first-order valence-electron chi connectivity index (χ1n) is 5.75. The van der Waals surface area contributed by atoms with E-state index in [0.717, 1.165) is 34.0 Å². The number of aromatic nitrogens is 3. The highest BCUT2D eigenvalue weighted by Crippen LogP contribution is 2.22. The fourth-order valence-electron chi connectivity index (χ4n) is 1.92.